The lowest BCUT2D eigenvalue weighted by atomic mass is 10.1. The van der Waals surface area contributed by atoms with E-state index in [1.54, 1.807) is 13.1 Å². The van der Waals surface area contributed by atoms with Crippen molar-refractivity contribution in [3.63, 3.8) is 0 Å². The second kappa shape index (κ2) is 4.84. The van der Waals surface area contributed by atoms with Gasteiger partial charge in [0.1, 0.15) is 5.52 Å². The zero-order valence-electron chi connectivity index (χ0n) is 10.2. The number of nitrogens with one attached hydrogen (secondary N) is 1. The van der Waals surface area contributed by atoms with Gasteiger partial charge in [0.25, 0.3) is 0 Å². The van der Waals surface area contributed by atoms with Gasteiger partial charge in [-0.2, -0.15) is 0 Å². The molecule has 0 saturated heterocycles. The largest absolute Gasteiger partial charge is 0.387 e. The second-order valence-electron chi connectivity index (χ2n) is 4.04. The standard InChI is InChI=1S/C13H13F3N2/c1-3-4-7-5-10(17-2)11-12(16)8(14)6-9(15)13(11)18-7/h5-6H,3-4H2,1-2H3,(H,17,18). The van der Waals surface area contributed by atoms with E-state index in [1.807, 2.05) is 6.92 Å². The van der Waals surface area contributed by atoms with Gasteiger partial charge in [0.05, 0.1) is 5.39 Å². The number of hydrogen-bond donors (Lipinski definition) is 1. The number of halogens is 3. The molecule has 18 heavy (non-hydrogen) atoms. The fourth-order valence-electron chi connectivity index (χ4n) is 1.94. The van der Waals surface area contributed by atoms with E-state index in [9.17, 15) is 13.2 Å². The van der Waals surface area contributed by atoms with Gasteiger partial charge in [-0.1, -0.05) is 13.3 Å². The van der Waals surface area contributed by atoms with Crippen LogP contribution in [0.5, 0.6) is 0 Å². The first-order chi connectivity index (χ1) is 8.58. The maximum atomic E-state index is 13.7. The van der Waals surface area contributed by atoms with Crippen LogP contribution in [0.2, 0.25) is 0 Å². The van der Waals surface area contributed by atoms with Crippen LogP contribution in [0.4, 0.5) is 18.9 Å². The fraction of sp³-hybridized carbons (Fsp3) is 0.308. The number of anilines is 1. The quantitative estimate of drug-likeness (QED) is 0.846. The highest BCUT2D eigenvalue weighted by atomic mass is 19.2. The molecule has 96 valence electrons. The number of benzene rings is 1. The summed E-state index contributed by atoms with van der Waals surface area (Å²) in [6.45, 7) is 1.96. The van der Waals surface area contributed by atoms with Gasteiger partial charge < -0.3 is 5.32 Å². The van der Waals surface area contributed by atoms with E-state index in [1.165, 1.54) is 0 Å². The highest BCUT2D eigenvalue weighted by Gasteiger charge is 2.17. The van der Waals surface area contributed by atoms with E-state index in [2.05, 4.69) is 10.3 Å². The molecule has 0 spiro atoms. The Kier molecular flexibility index (Phi) is 3.41. The maximum Gasteiger partial charge on any atom is 0.170 e. The van der Waals surface area contributed by atoms with Gasteiger partial charge >= 0.3 is 0 Å². The van der Waals surface area contributed by atoms with Gasteiger partial charge in [-0.15, -0.1) is 0 Å². The maximum absolute atomic E-state index is 13.7. The lowest BCUT2D eigenvalue weighted by molar-refractivity contribution is 0.505. The minimum absolute atomic E-state index is 0.135. The van der Waals surface area contributed by atoms with Gasteiger partial charge in [0.2, 0.25) is 0 Å². The average molecular weight is 254 g/mol. The molecule has 0 bridgehead atoms. The summed E-state index contributed by atoms with van der Waals surface area (Å²) in [6, 6.07) is 2.15. The van der Waals surface area contributed by atoms with E-state index in [0.717, 1.165) is 6.42 Å². The lowest BCUT2D eigenvalue weighted by Gasteiger charge is -2.10. The Hall–Kier alpha value is -1.78. The summed E-state index contributed by atoms with van der Waals surface area (Å²) in [5.74, 6) is -3.13. The molecule has 0 unspecified atom stereocenters. The number of nitrogens with zero attached hydrogens (tertiary/aromatic N) is 1. The van der Waals surface area contributed by atoms with Crippen molar-refractivity contribution in [2.45, 2.75) is 19.8 Å². The van der Waals surface area contributed by atoms with E-state index >= 15 is 0 Å². The lowest BCUT2D eigenvalue weighted by Crippen LogP contribution is -2.01. The predicted molar refractivity (Wildman–Crippen MR) is 65.2 cm³/mol. The summed E-state index contributed by atoms with van der Waals surface area (Å²) in [7, 11) is 1.58. The van der Waals surface area contributed by atoms with Crippen LogP contribution in [0.15, 0.2) is 12.1 Å². The number of aromatic nitrogens is 1. The summed E-state index contributed by atoms with van der Waals surface area (Å²) in [6.07, 6.45) is 1.50. The summed E-state index contributed by atoms with van der Waals surface area (Å²) < 4.78 is 40.6. The molecule has 0 aliphatic rings. The van der Waals surface area contributed by atoms with Gasteiger partial charge in [-0.3, -0.25) is 0 Å². The Labute approximate surface area is 103 Å². The number of pyridine rings is 1. The Bertz CT molecular complexity index is 597. The summed E-state index contributed by atoms with van der Waals surface area (Å²) in [4.78, 5) is 4.05. The molecule has 1 N–H and O–H groups in total. The molecule has 0 fully saturated rings. The van der Waals surface area contributed by atoms with Crippen molar-refractivity contribution in [2.75, 3.05) is 12.4 Å². The summed E-state index contributed by atoms with van der Waals surface area (Å²) in [5.41, 5.74) is 0.864. The first-order valence-electron chi connectivity index (χ1n) is 5.73. The molecule has 2 aromatic rings. The van der Waals surface area contributed by atoms with Crippen LogP contribution in [0.1, 0.15) is 19.0 Å². The molecular weight excluding hydrogens is 241 g/mol. The van der Waals surface area contributed by atoms with Crippen LogP contribution in [0.3, 0.4) is 0 Å². The molecule has 0 radical (unpaired) electrons. The fourth-order valence-corrected chi connectivity index (χ4v) is 1.94. The van der Waals surface area contributed by atoms with Crippen LogP contribution in [0, 0.1) is 17.5 Å². The molecule has 1 aromatic carbocycles. The molecule has 0 amide bonds. The third-order valence-corrected chi connectivity index (χ3v) is 2.76. The van der Waals surface area contributed by atoms with Crippen molar-refractivity contribution in [3.05, 3.63) is 35.3 Å². The first-order valence-corrected chi connectivity index (χ1v) is 5.73. The molecule has 0 atom stereocenters. The second-order valence-corrected chi connectivity index (χ2v) is 4.04. The SMILES string of the molecule is CCCc1cc(NC)c2c(F)c(F)cc(F)c2n1. The molecule has 2 rings (SSSR count). The number of rotatable bonds is 3. The van der Waals surface area contributed by atoms with Crippen LogP contribution >= 0.6 is 0 Å². The molecule has 1 heterocycles. The van der Waals surface area contributed by atoms with Gasteiger partial charge in [0.15, 0.2) is 17.5 Å². The highest BCUT2D eigenvalue weighted by molar-refractivity contribution is 5.92. The minimum Gasteiger partial charge on any atom is -0.387 e. The number of fused-ring (bicyclic) bond motifs is 1. The van der Waals surface area contributed by atoms with E-state index < -0.39 is 17.5 Å². The van der Waals surface area contributed by atoms with Crippen LogP contribution < -0.4 is 5.32 Å². The smallest absolute Gasteiger partial charge is 0.170 e. The van der Waals surface area contributed by atoms with E-state index in [4.69, 9.17) is 0 Å². The Morgan fingerprint density at radius 1 is 1.17 bits per heavy atom. The van der Waals surface area contributed by atoms with Gasteiger partial charge in [-0.25, -0.2) is 18.2 Å². The van der Waals surface area contributed by atoms with Crippen molar-refractivity contribution >= 4 is 16.6 Å². The molecule has 0 aliphatic carbocycles. The molecule has 0 saturated carbocycles. The van der Waals surface area contributed by atoms with Crippen LogP contribution in [0.25, 0.3) is 10.9 Å². The number of hydrogen-bond acceptors (Lipinski definition) is 2. The van der Waals surface area contributed by atoms with Crippen molar-refractivity contribution in [1.82, 2.24) is 4.98 Å². The highest BCUT2D eigenvalue weighted by Crippen LogP contribution is 2.29. The predicted octanol–water partition coefficient (Wildman–Crippen LogP) is 3.65. The summed E-state index contributed by atoms with van der Waals surface area (Å²) in [5, 5.41) is 2.61. The Balaban J connectivity index is 2.82. The normalized spacial score (nSPS) is 10.9. The summed E-state index contributed by atoms with van der Waals surface area (Å²) >= 11 is 0. The third-order valence-electron chi connectivity index (χ3n) is 2.76. The Morgan fingerprint density at radius 2 is 1.89 bits per heavy atom. The van der Waals surface area contributed by atoms with Crippen LogP contribution in [-0.4, -0.2) is 12.0 Å². The third kappa shape index (κ3) is 2.00. The minimum atomic E-state index is -1.21. The van der Waals surface area contributed by atoms with Gasteiger partial charge in [-0.05, 0) is 12.5 Å². The van der Waals surface area contributed by atoms with Crippen molar-refractivity contribution in [2.24, 2.45) is 0 Å². The van der Waals surface area contributed by atoms with Crippen molar-refractivity contribution in [1.29, 1.82) is 0 Å². The molecule has 5 heteroatoms. The average Bonchev–Trinajstić information content (AvgIpc) is 2.35. The van der Waals surface area contributed by atoms with Crippen molar-refractivity contribution < 1.29 is 13.2 Å². The topological polar surface area (TPSA) is 24.9 Å². The monoisotopic (exact) mass is 254 g/mol. The molecular formula is C13H13F3N2. The zero-order chi connectivity index (χ0) is 13.3. The van der Waals surface area contributed by atoms with Crippen molar-refractivity contribution in [3.8, 4) is 0 Å². The molecule has 0 aliphatic heterocycles. The van der Waals surface area contributed by atoms with E-state index in [0.29, 0.717) is 23.9 Å². The van der Waals surface area contributed by atoms with E-state index in [-0.39, 0.29) is 10.9 Å². The molecule has 2 nitrogen and oxygen atoms in total. The Morgan fingerprint density at radius 3 is 2.50 bits per heavy atom. The first kappa shape index (κ1) is 12.7. The molecule has 1 aromatic heterocycles. The number of aryl methyl sites for hydroxylation is 1. The van der Waals surface area contributed by atoms with Gasteiger partial charge in [0, 0.05) is 24.5 Å². The van der Waals surface area contributed by atoms with Crippen LogP contribution in [-0.2, 0) is 6.42 Å². The zero-order valence-corrected chi connectivity index (χ0v) is 10.2.